The predicted octanol–water partition coefficient (Wildman–Crippen LogP) is 0.490. The zero-order chi connectivity index (χ0) is 15.5. The van der Waals surface area contributed by atoms with Gasteiger partial charge in [0.05, 0.1) is 0 Å². The molecule has 1 saturated heterocycles. The molecule has 0 radical (unpaired) electrons. The van der Waals surface area contributed by atoms with Gasteiger partial charge in [0.15, 0.2) is 4.90 Å². The van der Waals surface area contributed by atoms with Gasteiger partial charge in [0.2, 0.25) is 10.0 Å². The second kappa shape index (κ2) is 6.78. The van der Waals surface area contributed by atoms with Gasteiger partial charge >= 0.3 is 0 Å². The van der Waals surface area contributed by atoms with Crippen molar-refractivity contribution in [2.45, 2.75) is 4.90 Å². The highest BCUT2D eigenvalue weighted by atomic mass is 32.2. The van der Waals surface area contributed by atoms with Crippen LogP contribution in [-0.4, -0.2) is 63.9 Å². The van der Waals surface area contributed by atoms with Crippen molar-refractivity contribution in [1.82, 2.24) is 14.5 Å². The van der Waals surface area contributed by atoms with Gasteiger partial charge in [0.25, 0.3) is 0 Å². The SMILES string of the molecule is CN(CCN1CCNCC1)S(=O)(=O)c1c(F)cccc1F. The van der Waals surface area contributed by atoms with E-state index < -0.39 is 26.6 Å². The number of benzene rings is 1. The molecular weight excluding hydrogens is 300 g/mol. The lowest BCUT2D eigenvalue weighted by molar-refractivity contribution is 0.229. The average molecular weight is 319 g/mol. The second-order valence-electron chi connectivity index (χ2n) is 4.97. The van der Waals surface area contributed by atoms with E-state index in [1.165, 1.54) is 7.05 Å². The van der Waals surface area contributed by atoms with Crippen LogP contribution in [0.15, 0.2) is 23.1 Å². The topological polar surface area (TPSA) is 52.6 Å². The van der Waals surface area contributed by atoms with E-state index in [0.717, 1.165) is 48.7 Å². The minimum absolute atomic E-state index is 0.191. The van der Waals surface area contributed by atoms with Crippen molar-refractivity contribution in [3.63, 3.8) is 0 Å². The maximum Gasteiger partial charge on any atom is 0.248 e. The Labute approximate surface area is 123 Å². The average Bonchev–Trinajstić information content (AvgIpc) is 2.45. The number of piperazine rings is 1. The van der Waals surface area contributed by atoms with Crippen molar-refractivity contribution in [1.29, 1.82) is 0 Å². The molecule has 1 aliphatic heterocycles. The molecule has 1 aromatic carbocycles. The maximum absolute atomic E-state index is 13.6. The number of halogens is 2. The van der Waals surface area contributed by atoms with E-state index in [9.17, 15) is 17.2 Å². The molecular formula is C13H19F2N3O2S. The van der Waals surface area contributed by atoms with Gasteiger partial charge in [0, 0.05) is 46.3 Å². The summed E-state index contributed by atoms with van der Waals surface area (Å²) >= 11 is 0. The molecule has 0 aliphatic carbocycles. The summed E-state index contributed by atoms with van der Waals surface area (Å²) in [7, 11) is -2.82. The molecule has 1 aromatic rings. The zero-order valence-corrected chi connectivity index (χ0v) is 12.7. The summed E-state index contributed by atoms with van der Waals surface area (Å²) < 4.78 is 52.8. The number of sulfonamides is 1. The summed E-state index contributed by atoms with van der Waals surface area (Å²) in [6.45, 7) is 4.12. The molecule has 8 heteroatoms. The van der Waals surface area contributed by atoms with Crippen molar-refractivity contribution in [2.24, 2.45) is 0 Å². The second-order valence-corrected chi connectivity index (χ2v) is 6.95. The number of rotatable bonds is 5. The van der Waals surface area contributed by atoms with Crippen molar-refractivity contribution in [2.75, 3.05) is 46.3 Å². The third-order valence-corrected chi connectivity index (χ3v) is 5.44. The van der Waals surface area contributed by atoms with E-state index >= 15 is 0 Å². The largest absolute Gasteiger partial charge is 0.314 e. The highest BCUT2D eigenvalue weighted by molar-refractivity contribution is 7.89. The molecule has 5 nitrogen and oxygen atoms in total. The van der Waals surface area contributed by atoms with E-state index in [4.69, 9.17) is 0 Å². The fourth-order valence-corrected chi connectivity index (χ4v) is 3.48. The molecule has 0 bridgehead atoms. The first-order valence-corrected chi connectivity index (χ1v) is 8.20. The molecule has 1 N–H and O–H groups in total. The molecule has 1 heterocycles. The Hall–Kier alpha value is -1.09. The Morgan fingerprint density at radius 3 is 2.38 bits per heavy atom. The third kappa shape index (κ3) is 3.76. The van der Waals surface area contributed by atoms with Crippen LogP contribution in [-0.2, 0) is 10.0 Å². The fourth-order valence-electron chi connectivity index (χ4n) is 2.22. The molecule has 0 atom stereocenters. The molecule has 0 spiro atoms. The third-order valence-electron chi connectivity index (χ3n) is 3.53. The fraction of sp³-hybridized carbons (Fsp3) is 0.538. The van der Waals surface area contributed by atoms with Crippen LogP contribution >= 0.6 is 0 Å². The van der Waals surface area contributed by atoms with Gasteiger partial charge in [-0.15, -0.1) is 0 Å². The first-order valence-electron chi connectivity index (χ1n) is 6.76. The lowest BCUT2D eigenvalue weighted by Crippen LogP contribution is -2.46. The van der Waals surface area contributed by atoms with Crippen molar-refractivity contribution < 1.29 is 17.2 Å². The minimum atomic E-state index is -4.16. The summed E-state index contributed by atoms with van der Waals surface area (Å²) in [5.74, 6) is -2.13. The molecule has 2 rings (SSSR count). The molecule has 1 fully saturated rings. The van der Waals surface area contributed by atoms with Gasteiger partial charge in [0.1, 0.15) is 11.6 Å². The minimum Gasteiger partial charge on any atom is -0.314 e. The van der Waals surface area contributed by atoms with Crippen LogP contribution in [0.2, 0.25) is 0 Å². The number of nitrogens with one attached hydrogen (secondary N) is 1. The van der Waals surface area contributed by atoms with Gasteiger partial charge in [-0.05, 0) is 12.1 Å². The molecule has 0 unspecified atom stereocenters. The standard InChI is InChI=1S/C13H19F2N3O2S/c1-17(9-10-18-7-5-16-6-8-18)21(19,20)13-11(14)3-2-4-12(13)15/h2-4,16H,5-10H2,1H3. The Morgan fingerprint density at radius 2 is 1.81 bits per heavy atom. The highest BCUT2D eigenvalue weighted by Crippen LogP contribution is 2.21. The number of hydrogen-bond donors (Lipinski definition) is 1. The summed E-state index contributed by atoms with van der Waals surface area (Å²) in [4.78, 5) is 1.23. The normalized spacial score (nSPS) is 17.3. The number of likely N-dealkylation sites (N-methyl/N-ethyl adjacent to an activating group) is 1. The highest BCUT2D eigenvalue weighted by Gasteiger charge is 2.28. The van der Waals surface area contributed by atoms with Gasteiger partial charge in [-0.1, -0.05) is 6.07 Å². The van der Waals surface area contributed by atoms with Crippen LogP contribution < -0.4 is 5.32 Å². The molecule has 0 aromatic heterocycles. The van der Waals surface area contributed by atoms with Crippen LogP contribution in [0.25, 0.3) is 0 Å². The van der Waals surface area contributed by atoms with Gasteiger partial charge in [-0.3, -0.25) is 4.90 Å². The van der Waals surface area contributed by atoms with Crippen LogP contribution in [0.5, 0.6) is 0 Å². The molecule has 118 valence electrons. The Morgan fingerprint density at radius 1 is 1.24 bits per heavy atom. The first kappa shape index (κ1) is 16.3. The van der Waals surface area contributed by atoms with E-state index in [2.05, 4.69) is 10.2 Å². The Balaban J connectivity index is 2.08. The van der Waals surface area contributed by atoms with Crippen LogP contribution in [0, 0.1) is 11.6 Å². The molecule has 21 heavy (non-hydrogen) atoms. The van der Waals surface area contributed by atoms with Crippen LogP contribution in [0.3, 0.4) is 0 Å². The summed E-state index contributed by atoms with van der Waals surface area (Å²) in [5, 5.41) is 3.20. The summed E-state index contributed by atoms with van der Waals surface area (Å²) in [6, 6.07) is 3.03. The van der Waals surface area contributed by atoms with E-state index in [1.807, 2.05) is 0 Å². The quantitative estimate of drug-likeness (QED) is 0.858. The van der Waals surface area contributed by atoms with E-state index in [0.29, 0.717) is 6.54 Å². The van der Waals surface area contributed by atoms with Crippen LogP contribution in [0.4, 0.5) is 8.78 Å². The lowest BCUT2D eigenvalue weighted by Gasteiger charge is -2.28. The Bertz CT molecular complexity index is 569. The van der Waals surface area contributed by atoms with Crippen molar-refractivity contribution in [3.05, 3.63) is 29.8 Å². The van der Waals surface area contributed by atoms with E-state index in [-0.39, 0.29) is 6.54 Å². The molecule has 0 saturated carbocycles. The lowest BCUT2D eigenvalue weighted by atomic mass is 10.3. The smallest absolute Gasteiger partial charge is 0.248 e. The van der Waals surface area contributed by atoms with Crippen LogP contribution in [0.1, 0.15) is 0 Å². The zero-order valence-electron chi connectivity index (χ0n) is 11.8. The van der Waals surface area contributed by atoms with Crippen molar-refractivity contribution >= 4 is 10.0 Å². The molecule has 1 aliphatic rings. The predicted molar refractivity (Wildman–Crippen MR) is 75.5 cm³/mol. The number of nitrogens with zero attached hydrogens (tertiary/aromatic N) is 2. The van der Waals surface area contributed by atoms with E-state index in [1.54, 1.807) is 0 Å². The van der Waals surface area contributed by atoms with Gasteiger partial charge in [-0.25, -0.2) is 17.2 Å². The van der Waals surface area contributed by atoms with Gasteiger partial charge < -0.3 is 5.32 Å². The van der Waals surface area contributed by atoms with Crippen molar-refractivity contribution in [3.8, 4) is 0 Å². The Kier molecular flexibility index (Phi) is 5.26. The monoisotopic (exact) mass is 319 g/mol. The van der Waals surface area contributed by atoms with Gasteiger partial charge in [-0.2, -0.15) is 4.31 Å². The summed E-state index contributed by atoms with van der Waals surface area (Å²) in [6.07, 6.45) is 0. The summed E-state index contributed by atoms with van der Waals surface area (Å²) in [5.41, 5.74) is 0. The number of hydrogen-bond acceptors (Lipinski definition) is 4. The molecule has 0 amide bonds. The maximum atomic E-state index is 13.6. The first-order chi connectivity index (χ1) is 9.93.